The summed E-state index contributed by atoms with van der Waals surface area (Å²) in [7, 11) is 3.66. The van der Waals surface area contributed by atoms with E-state index in [4.69, 9.17) is 0 Å². The van der Waals surface area contributed by atoms with E-state index in [2.05, 4.69) is 15.5 Å². The van der Waals surface area contributed by atoms with Crippen LogP contribution in [0.1, 0.15) is 19.8 Å². The van der Waals surface area contributed by atoms with Gasteiger partial charge in [-0.15, -0.1) is 0 Å². The second-order valence-electron chi connectivity index (χ2n) is 3.88. The third kappa shape index (κ3) is 2.45. The lowest BCUT2D eigenvalue weighted by Crippen LogP contribution is -2.48. The molecule has 0 aromatic rings. The van der Waals surface area contributed by atoms with Gasteiger partial charge in [0, 0.05) is 19.6 Å². The second-order valence-corrected chi connectivity index (χ2v) is 3.88. The summed E-state index contributed by atoms with van der Waals surface area (Å²) in [5.74, 6) is 0.119. The number of hydrogen-bond donors (Lipinski definition) is 2. The zero-order valence-corrected chi connectivity index (χ0v) is 9.34. The maximum absolute atomic E-state index is 11.5. The van der Waals surface area contributed by atoms with E-state index in [0.29, 0.717) is 6.04 Å². The van der Waals surface area contributed by atoms with Crippen molar-refractivity contribution in [2.45, 2.75) is 31.8 Å². The van der Waals surface area contributed by atoms with Gasteiger partial charge in [-0.2, -0.15) is 0 Å². The predicted molar refractivity (Wildman–Crippen MR) is 57.2 cm³/mol. The summed E-state index contributed by atoms with van der Waals surface area (Å²) in [4.78, 5) is 13.8. The molecule has 1 amide bonds. The molecular formula is C10H21N3O. The smallest absolute Gasteiger partial charge is 0.236 e. The van der Waals surface area contributed by atoms with E-state index in [0.717, 1.165) is 13.1 Å². The fraction of sp³-hybridized carbons (Fsp3) is 0.900. The number of amides is 1. The van der Waals surface area contributed by atoms with E-state index >= 15 is 0 Å². The molecule has 0 aliphatic carbocycles. The van der Waals surface area contributed by atoms with Crippen LogP contribution in [0.5, 0.6) is 0 Å². The van der Waals surface area contributed by atoms with Crippen molar-refractivity contribution in [3.05, 3.63) is 0 Å². The number of rotatable bonds is 4. The van der Waals surface area contributed by atoms with E-state index in [1.807, 2.05) is 14.0 Å². The van der Waals surface area contributed by atoms with Gasteiger partial charge in [0.25, 0.3) is 0 Å². The van der Waals surface area contributed by atoms with E-state index in [1.54, 1.807) is 7.05 Å². The molecule has 1 aliphatic heterocycles. The highest BCUT2D eigenvalue weighted by atomic mass is 16.2. The van der Waals surface area contributed by atoms with E-state index in [1.165, 1.54) is 12.8 Å². The lowest BCUT2D eigenvalue weighted by atomic mass is 10.2. The molecule has 1 aliphatic rings. The van der Waals surface area contributed by atoms with Crippen molar-refractivity contribution in [3.63, 3.8) is 0 Å². The fourth-order valence-electron chi connectivity index (χ4n) is 2.18. The van der Waals surface area contributed by atoms with Gasteiger partial charge in [0.15, 0.2) is 0 Å². The summed E-state index contributed by atoms with van der Waals surface area (Å²) in [5.41, 5.74) is 0. The number of nitrogens with one attached hydrogen (secondary N) is 2. The third-order valence-electron chi connectivity index (χ3n) is 2.99. The number of likely N-dealkylation sites (tertiary alicyclic amines) is 1. The molecule has 0 spiro atoms. The van der Waals surface area contributed by atoms with Gasteiger partial charge in [-0.1, -0.05) is 0 Å². The minimum Gasteiger partial charge on any atom is -0.358 e. The van der Waals surface area contributed by atoms with Crippen LogP contribution in [0.2, 0.25) is 0 Å². The number of nitrogens with zero attached hydrogens (tertiary/aromatic N) is 1. The topological polar surface area (TPSA) is 44.4 Å². The molecule has 2 unspecified atom stereocenters. The first-order valence-corrected chi connectivity index (χ1v) is 5.32. The highest BCUT2D eigenvalue weighted by Gasteiger charge is 2.30. The van der Waals surface area contributed by atoms with Crippen LogP contribution in [0.15, 0.2) is 0 Å². The lowest BCUT2D eigenvalue weighted by molar-refractivity contribution is -0.125. The minimum absolute atomic E-state index is 0.000787. The van der Waals surface area contributed by atoms with Gasteiger partial charge in [-0.05, 0) is 33.4 Å². The van der Waals surface area contributed by atoms with Crippen LogP contribution in [0.4, 0.5) is 0 Å². The van der Waals surface area contributed by atoms with Crippen LogP contribution in [0.3, 0.4) is 0 Å². The Morgan fingerprint density at radius 3 is 2.86 bits per heavy atom. The zero-order chi connectivity index (χ0) is 10.6. The highest BCUT2D eigenvalue weighted by molar-refractivity contribution is 5.81. The summed E-state index contributed by atoms with van der Waals surface area (Å²) in [6.45, 7) is 4.00. The first-order valence-electron chi connectivity index (χ1n) is 5.32. The zero-order valence-electron chi connectivity index (χ0n) is 9.34. The quantitative estimate of drug-likeness (QED) is 0.659. The number of carbonyl (C=O) groups is 1. The SMILES string of the molecule is CNCC1CCCN1C(C)C(=O)NC. The van der Waals surface area contributed by atoms with Crippen LogP contribution in [0.25, 0.3) is 0 Å². The Balaban J connectivity index is 2.52. The van der Waals surface area contributed by atoms with Crippen LogP contribution in [-0.4, -0.2) is 50.1 Å². The van der Waals surface area contributed by atoms with E-state index in [9.17, 15) is 4.79 Å². The Bertz CT molecular complexity index is 196. The molecule has 82 valence electrons. The monoisotopic (exact) mass is 199 g/mol. The molecule has 14 heavy (non-hydrogen) atoms. The molecule has 1 rings (SSSR count). The average Bonchev–Trinajstić information content (AvgIpc) is 2.64. The number of hydrogen-bond acceptors (Lipinski definition) is 3. The van der Waals surface area contributed by atoms with Crippen LogP contribution < -0.4 is 10.6 Å². The van der Waals surface area contributed by atoms with Gasteiger partial charge >= 0.3 is 0 Å². The molecule has 0 aromatic carbocycles. The molecular weight excluding hydrogens is 178 g/mol. The van der Waals surface area contributed by atoms with Crippen molar-refractivity contribution in [2.24, 2.45) is 0 Å². The molecule has 0 saturated carbocycles. The maximum Gasteiger partial charge on any atom is 0.236 e. The predicted octanol–water partition coefficient (Wildman–Crippen LogP) is -0.195. The van der Waals surface area contributed by atoms with Crippen molar-refractivity contribution >= 4 is 5.91 Å². The Hall–Kier alpha value is -0.610. The molecule has 0 aromatic heterocycles. The number of carbonyl (C=O) groups excluding carboxylic acids is 1. The lowest BCUT2D eigenvalue weighted by Gasteiger charge is -2.29. The van der Waals surface area contributed by atoms with Gasteiger partial charge in [-0.3, -0.25) is 9.69 Å². The van der Waals surface area contributed by atoms with Gasteiger partial charge in [-0.25, -0.2) is 0 Å². The van der Waals surface area contributed by atoms with Crippen molar-refractivity contribution in [2.75, 3.05) is 27.2 Å². The van der Waals surface area contributed by atoms with E-state index in [-0.39, 0.29) is 11.9 Å². The molecule has 2 N–H and O–H groups in total. The van der Waals surface area contributed by atoms with Crippen LogP contribution >= 0.6 is 0 Å². The summed E-state index contributed by atoms with van der Waals surface area (Å²) in [6, 6.07) is 0.521. The van der Waals surface area contributed by atoms with Gasteiger partial charge in [0.1, 0.15) is 0 Å². The third-order valence-corrected chi connectivity index (χ3v) is 2.99. The Kier molecular flexibility index (Phi) is 4.35. The molecule has 2 atom stereocenters. The first kappa shape index (κ1) is 11.5. The van der Waals surface area contributed by atoms with Gasteiger partial charge < -0.3 is 10.6 Å². The molecule has 0 bridgehead atoms. The Morgan fingerprint density at radius 2 is 2.29 bits per heavy atom. The standard InChI is InChI=1S/C10H21N3O/c1-8(10(14)12-3)13-6-4-5-9(13)7-11-2/h8-9,11H,4-7H2,1-3H3,(H,12,14). The largest absolute Gasteiger partial charge is 0.358 e. The van der Waals surface area contributed by atoms with E-state index < -0.39 is 0 Å². The van der Waals surface area contributed by atoms with Crippen molar-refractivity contribution in [3.8, 4) is 0 Å². The van der Waals surface area contributed by atoms with Crippen LogP contribution in [0, 0.1) is 0 Å². The summed E-state index contributed by atoms with van der Waals surface area (Å²) in [5, 5.41) is 5.88. The Morgan fingerprint density at radius 1 is 1.57 bits per heavy atom. The fourth-order valence-corrected chi connectivity index (χ4v) is 2.18. The van der Waals surface area contributed by atoms with Gasteiger partial charge in [0.05, 0.1) is 6.04 Å². The molecule has 1 fully saturated rings. The van der Waals surface area contributed by atoms with Crippen molar-refractivity contribution in [1.82, 2.24) is 15.5 Å². The molecule has 1 heterocycles. The van der Waals surface area contributed by atoms with Crippen LogP contribution in [-0.2, 0) is 4.79 Å². The molecule has 0 radical (unpaired) electrons. The van der Waals surface area contributed by atoms with Gasteiger partial charge in [0.2, 0.25) is 5.91 Å². The first-order chi connectivity index (χ1) is 6.70. The summed E-state index contributed by atoms with van der Waals surface area (Å²) >= 11 is 0. The molecule has 4 nitrogen and oxygen atoms in total. The average molecular weight is 199 g/mol. The maximum atomic E-state index is 11.5. The Labute approximate surface area is 86.0 Å². The van der Waals surface area contributed by atoms with Crippen molar-refractivity contribution in [1.29, 1.82) is 0 Å². The van der Waals surface area contributed by atoms with Crippen molar-refractivity contribution < 1.29 is 4.79 Å². The summed E-state index contributed by atoms with van der Waals surface area (Å²) in [6.07, 6.45) is 2.40. The summed E-state index contributed by atoms with van der Waals surface area (Å²) < 4.78 is 0. The molecule has 4 heteroatoms. The highest BCUT2D eigenvalue weighted by Crippen LogP contribution is 2.19. The number of likely N-dealkylation sites (N-methyl/N-ethyl adjacent to an activating group) is 2. The molecule has 1 saturated heterocycles. The minimum atomic E-state index is 0.000787. The second kappa shape index (κ2) is 5.32. The normalized spacial score (nSPS) is 24.9.